The molecule has 2 atom stereocenters. The van der Waals surface area contributed by atoms with Crippen LogP contribution in [0, 0.1) is 16.7 Å². The Hall–Kier alpha value is -2.53. The summed E-state index contributed by atoms with van der Waals surface area (Å²) >= 11 is 31.6. The minimum absolute atomic E-state index is 0.0815. The molecule has 1 aromatic heterocycles. The minimum atomic E-state index is -1.39. The summed E-state index contributed by atoms with van der Waals surface area (Å²) in [5, 5.41) is 15.7. The van der Waals surface area contributed by atoms with Gasteiger partial charge in [0.2, 0.25) is 0 Å². The molecule has 0 bridgehead atoms. The molecule has 0 saturated heterocycles. The molecule has 0 aliphatic heterocycles. The van der Waals surface area contributed by atoms with E-state index < -0.39 is 21.6 Å². The third-order valence-corrected chi connectivity index (χ3v) is 7.68. The molecular weight excluding hydrogens is 554 g/mol. The average molecular weight is 569 g/mol. The maximum Gasteiger partial charge on any atom is 0.258 e. The minimum Gasteiger partial charge on any atom is -0.384 e. The number of benzene rings is 2. The summed E-state index contributed by atoms with van der Waals surface area (Å²) in [5.74, 6) is -0.779. The zero-order valence-corrected chi connectivity index (χ0v) is 21.4. The van der Waals surface area contributed by atoms with E-state index in [1.54, 1.807) is 30.3 Å². The molecule has 1 heterocycles. The van der Waals surface area contributed by atoms with Crippen molar-refractivity contribution in [3.05, 3.63) is 86.5 Å². The Morgan fingerprint density at radius 3 is 2.40 bits per heavy atom. The Morgan fingerprint density at radius 2 is 1.80 bits per heavy atom. The lowest BCUT2D eigenvalue weighted by molar-refractivity contribution is -0.112. The predicted molar refractivity (Wildman–Crippen MR) is 139 cm³/mol. The van der Waals surface area contributed by atoms with E-state index in [2.05, 4.69) is 15.6 Å². The summed E-state index contributed by atoms with van der Waals surface area (Å²) < 4.78 is -1.39. The lowest BCUT2D eigenvalue weighted by Gasteiger charge is -2.15. The molecule has 35 heavy (non-hydrogen) atoms. The second kappa shape index (κ2) is 9.85. The van der Waals surface area contributed by atoms with Gasteiger partial charge in [-0.15, -0.1) is 0 Å². The van der Waals surface area contributed by atoms with Crippen LogP contribution < -0.4 is 10.6 Å². The Labute approximate surface area is 226 Å². The largest absolute Gasteiger partial charge is 0.384 e. The first-order valence-corrected chi connectivity index (χ1v) is 12.0. The highest BCUT2D eigenvalue weighted by molar-refractivity contribution is 6.54. The van der Waals surface area contributed by atoms with Crippen molar-refractivity contribution in [1.82, 2.24) is 4.98 Å². The van der Waals surface area contributed by atoms with Gasteiger partial charge in [0.05, 0.1) is 21.6 Å². The van der Waals surface area contributed by atoms with Gasteiger partial charge >= 0.3 is 0 Å². The molecule has 6 nitrogen and oxygen atoms in total. The fourth-order valence-electron chi connectivity index (χ4n) is 3.91. The van der Waals surface area contributed by atoms with Crippen LogP contribution >= 0.6 is 58.0 Å². The highest BCUT2D eigenvalue weighted by Crippen LogP contribution is 2.73. The standard InChI is InChI=1S/C24H15Cl5N4O2/c25-15-5-14(6-16(26)7-15)21-23(12-34,24(21,28)29)11-32-17-2-3-19(27)18(8-17)22(35)33-20-4-1-13(9-30)10-31-20/h1-8,10,12,21,32H,11H2,(H,31,33,35). The first-order chi connectivity index (χ1) is 16.6. The van der Waals surface area contributed by atoms with E-state index in [-0.39, 0.29) is 22.9 Å². The number of hydrogen-bond acceptors (Lipinski definition) is 5. The number of nitrogens with zero attached hydrogens (tertiary/aromatic N) is 2. The van der Waals surface area contributed by atoms with Crippen LogP contribution in [0.3, 0.4) is 0 Å². The summed E-state index contributed by atoms with van der Waals surface area (Å²) in [6.07, 6.45) is 2.07. The number of alkyl halides is 2. The molecule has 1 saturated carbocycles. The molecule has 2 aromatic carbocycles. The fourth-order valence-corrected chi connectivity index (χ4v) is 5.63. The summed E-state index contributed by atoms with van der Waals surface area (Å²) in [6, 6.07) is 14.7. The molecule has 2 N–H and O–H groups in total. The number of aldehydes is 1. The van der Waals surface area contributed by atoms with Gasteiger partial charge in [0.25, 0.3) is 5.91 Å². The number of anilines is 2. The summed E-state index contributed by atoms with van der Waals surface area (Å²) in [6.45, 7) is 0.0815. The summed E-state index contributed by atoms with van der Waals surface area (Å²) in [7, 11) is 0. The maximum absolute atomic E-state index is 12.8. The number of carbonyl (C=O) groups is 2. The van der Waals surface area contributed by atoms with Crippen molar-refractivity contribution in [1.29, 1.82) is 5.26 Å². The molecule has 1 aliphatic carbocycles. The van der Waals surface area contributed by atoms with Crippen LogP contribution in [0.4, 0.5) is 11.5 Å². The quantitative estimate of drug-likeness (QED) is 0.243. The van der Waals surface area contributed by atoms with E-state index in [0.717, 1.165) is 6.29 Å². The van der Waals surface area contributed by atoms with Crippen molar-refractivity contribution >= 4 is 81.7 Å². The molecule has 4 rings (SSSR count). The number of amides is 1. The zero-order chi connectivity index (χ0) is 25.4. The molecule has 1 aliphatic rings. The van der Waals surface area contributed by atoms with Crippen LogP contribution in [0.25, 0.3) is 0 Å². The number of rotatable bonds is 7. The van der Waals surface area contributed by atoms with Crippen molar-refractivity contribution in [3.63, 3.8) is 0 Å². The van der Waals surface area contributed by atoms with Gasteiger partial charge in [-0.1, -0.05) is 58.0 Å². The van der Waals surface area contributed by atoms with Gasteiger partial charge in [-0.25, -0.2) is 4.98 Å². The molecule has 0 radical (unpaired) electrons. The fraction of sp³-hybridized carbons (Fsp3) is 0.167. The highest BCUT2D eigenvalue weighted by atomic mass is 35.5. The normalized spacial score (nSPS) is 19.9. The zero-order valence-electron chi connectivity index (χ0n) is 17.7. The van der Waals surface area contributed by atoms with E-state index in [1.165, 1.54) is 24.4 Å². The van der Waals surface area contributed by atoms with Crippen molar-refractivity contribution in [2.75, 3.05) is 17.2 Å². The molecule has 3 aromatic rings. The summed E-state index contributed by atoms with van der Waals surface area (Å²) in [4.78, 5) is 29.0. The van der Waals surface area contributed by atoms with Crippen molar-refractivity contribution in [2.24, 2.45) is 5.41 Å². The number of halogens is 5. The Kier molecular flexibility index (Phi) is 7.19. The molecular formula is C24H15Cl5N4O2. The van der Waals surface area contributed by atoms with E-state index in [9.17, 15) is 9.59 Å². The Balaban J connectivity index is 1.52. The first kappa shape index (κ1) is 25.6. The monoisotopic (exact) mass is 566 g/mol. The van der Waals surface area contributed by atoms with Gasteiger partial charge in [0.15, 0.2) is 0 Å². The Morgan fingerprint density at radius 1 is 1.09 bits per heavy atom. The number of pyridine rings is 1. The number of hydrogen-bond donors (Lipinski definition) is 2. The van der Waals surface area contributed by atoms with Crippen molar-refractivity contribution in [3.8, 4) is 6.07 Å². The SMILES string of the molecule is N#Cc1ccc(NC(=O)c2cc(NCC3(C=O)C(c4cc(Cl)cc(Cl)c4)C3(Cl)Cl)ccc2Cl)nc1. The van der Waals surface area contributed by atoms with Gasteiger partial charge in [-0.05, 0) is 54.1 Å². The molecule has 2 unspecified atom stereocenters. The molecule has 0 spiro atoms. The van der Waals surface area contributed by atoms with Crippen LogP contribution in [0.5, 0.6) is 0 Å². The van der Waals surface area contributed by atoms with Gasteiger partial charge in [0, 0.05) is 34.4 Å². The van der Waals surface area contributed by atoms with Gasteiger partial charge in [-0.3, -0.25) is 4.79 Å². The number of aromatic nitrogens is 1. The number of nitriles is 1. The van der Waals surface area contributed by atoms with Gasteiger partial charge < -0.3 is 15.4 Å². The average Bonchev–Trinajstić information content (AvgIpc) is 3.32. The van der Waals surface area contributed by atoms with Crippen LogP contribution in [0.1, 0.15) is 27.4 Å². The van der Waals surface area contributed by atoms with E-state index in [1.807, 2.05) is 6.07 Å². The lowest BCUT2D eigenvalue weighted by atomic mass is 10.00. The molecule has 178 valence electrons. The van der Waals surface area contributed by atoms with E-state index >= 15 is 0 Å². The van der Waals surface area contributed by atoms with Crippen LogP contribution in [0.2, 0.25) is 15.1 Å². The smallest absolute Gasteiger partial charge is 0.258 e. The lowest BCUT2D eigenvalue weighted by Crippen LogP contribution is -2.23. The summed E-state index contributed by atoms with van der Waals surface area (Å²) in [5.41, 5.74) is 0.558. The second-order valence-corrected chi connectivity index (χ2v) is 10.6. The number of carbonyl (C=O) groups excluding carboxylic acids is 2. The van der Waals surface area contributed by atoms with Crippen LogP contribution in [-0.4, -0.2) is 28.1 Å². The van der Waals surface area contributed by atoms with Gasteiger partial charge in [-0.2, -0.15) is 5.26 Å². The third-order valence-electron chi connectivity index (χ3n) is 5.77. The highest BCUT2D eigenvalue weighted by Gasteiger charge is 2.76. The predicted octanol–water partition coefficient (Wildman–Crippen LogP) is 6.73. The van der Waals surface area contributed by atoms with Crippen molar-refractivity contribution < 1.29 is 9.59 Å². The molecule has 11 heteroatoms. The second-order valence-electron chi connectivity index (χ2n) is 7.96. The van der Waals surface area contributed by atoms with Crippen molar-refractivity contribution in [2.45, 2.75) is 10.3 Å². The van der Waals surface area contributed by atoms with E-state index in [0.29, 0.717) is 26.9 Å². The maximum atomic E-state index is 12.8. The topological polar surface area (TPSA) is 94.9 Å². The van der Waals surface area contributed by atoms with Gasteiger partial charge in [0.1, 0.15) is 22.5 Å². The number of nitrogens with one attached hydrogen (secondary N) is 2. The van der Waals surface area contributed by atoms with Crippen LogP contribution in [0.15, 0.2) is 54.7 Å². The Bertz CT molecular complexity index is 1340. The molecule has 1 amide bonds. The molecule has 1 fully saturated rings. The third kappa shape index (κ3) is 4.93. The van der Waals surface area contributed by atoms with E-state index in [4.69, 9.17) is 63.3 Å². The van der Waals surface area contributed by atoms with Crippen LogP contribution in [-0.2, 0) is 4.79 Å². The first-order valence-electron chi connectivity index (χ1n) is 10.1.